The maximum atomic E-state index is 9.88. The van der Waals surface area contributed by atoms with E-state index in [2.05, 4.69) is 11.8 Å². The summed E-state index contributed by atoms with van der Waals surface area (Å²) in [4.78, 5) is 2.12. The molecule has 20 heavy (non-hydrogen) atoms. The molecule has 0 heterocycles. The Morgan fingerprint density at radius 1 is 1.25 bits per heavy atom. The average molecular weight is 291 g/mol. The van der Waals surface area contributed by atoms with Gasteiger partial charge in [0, 0.05) is 28.9 Å². The number of nitrogen functional groups attached to an aromatic ring is 1. The van der Waals surface area contributed by atoms with E-state index in [0.717, 1.165) is 16.1 Å². The summed E-state index contributed by atoms with van der Waals surface area (Å²) in [6, 6.07) is 13.1. The summed E-state index contributed by atoms with van der Waals surface area (Å²) in [5.74, 6) is 0.261. The van der Waals surface area contributed by atoms with Crippen molar-refractivity contribution in [3.63, 3.8) is 0 Å². The number of benzene rings is 2. The molecule has 0 aliphatic carbocycles. The summed E-state index contributed by atoms with van der Waals surface area (Å²) in [5.41, 5.74) is 8.29. The van der Waals surface area contributed by atoms with Crippen LogP contribution in [-0.2, 0) is 6.54 Å². The van der Waals surface area contributed by atoms with Gasteiger partial charge in [-0.2, -0.15) is 0 Å². The normalized spacial score (nSPS) is 12.6. The zero-order chi connectivity index (χ0) is 14.7. The molecule has 0 aromatic heterocycles. The fourth-order valence-electron chi connectivity index (χ4n) is 2.19. The molecule has 0 saturated carbocycles. The van der Waals surface area contributed by atoms with Crippen LogP contribution in [0.25, 0.3) is 0 Å². The monoisotopic (exact) mass is 290 g/mol. The van der Waals surface area contributed by atoms with Gasteiger partial charge >= 0.3 is 0 Å². The highest BCUT2D eigenvalue weighted by atomic mass is 35.5. The lowest BCUT2D eigenvalue weighted by Gasteiger charge is -2.26. The molecule has 2 aromatic rings. The molecule has 0 bridgehead atoms. The number of halogens is 1. The molecule has 0 aliphatic rings. The Labute approximate surface area is 124 Å². The van der Waals surface area contributed by atoms with Crippen LogP contribution in [0.2, 0.25) is 5.02 Å². The fraction of sp³-hybridized carbons (Fsp3) is 0.250. The highest BCUT2D eigenvalue weighted by molar-refractivity contribution is 6.31. The van der Waals surface area contributed by atoms with Gasteiger partial charge in [-0.1, -0.05) is 29.8 Å². The van der Waals surface area contributed by atoms with Crippen LogP contribution in [0.15, 0.2) is 42.5 Å². The summed E-state index contributed by atoms with van der Waals surface area (Å²) in [5, 5.41) is 10.6. The van der Waals surface area contributed by atoms with Crippen LogP contribution < -0.4 is 5.73 Å². The maximum Gasteiger partial charge on any atom is 0.120 e. The summed E-state index contributed by atoms with van der Waals surface area (Å²) >= 11 is 6.23. The molecule has 2 aromatic carbocycles. The Morgan fingerprint density at radius 2 is 1.95 bits per heavy atom. The van der Waals surface area contributed by atoms with Crippen LogP contribution in [0.5, 0.6) is 5.75 Å². The van der Waals surface area contributed by atoms with Gasteiger partial charge in [-0.3, -0.25) is 4.90 Å². The number of nitrogens with two attached hydrogens (primary N) is 1. The molecule has 0 aliphatic heterocycles. The van der Waals surface area contributed by atoms with Crippen molar-refractivity contribution in [2.45, 2.75) is 19.5 Å². The van der Waals surface area contributed by atoms with Crippen LogP contribution >= 0.6 is 11.6 Å². The molecule has 2 rings (SSSR count). The van der Waals surface area contributed by atoms with Gasteiger partial charge in [0.2, 0.25) is 0 Å². The van der Waals surface area contributed by atoms with Crippen molar-refractivity contribution >= 4 is 17.3 Å². The Morgan fingerprint density at radius 3 is 2.65 bits per heavy atom. The molecular weight excluding hydrogens is 272 g/mol. The molecule has 0 radical (unpaired) electrons. The van der Waals surface area contributed by atoms with Gasteiger partial charge in [-0.05, 0) is 43.8 Å². The van der Waals surface area contributed by atoms with E-state index in [-0.39, 0.29) is 11.8 Å². The molecule has 0 spiro atoms. The molecular formula is C16H19ClN2O. The van der Waals surface area contributed by atoms with Crippen molar-refractivity contribution in [3.05, 3.63) is 58.6 Å². The first-order valence-electron chi connectivity index (χ1n) is 6.51. The number of phenolic OH excluding ortho intramolecular Hbond substituents is 1. The number of hydrogen-bond donors (Lipinski definition) is 2. The van der Waals surface area contributed by atoms with Crippen LogP contribution in [0.4, 0.5) is 5.69 Å². The van der Waals surface area contributed by atoms with Gasteiger partial charge in [0.05, 0.1) is 0 Å². The second kappa shape index (κ2) is 6.16. The van der Waals surface area contributed by atoms with Gasteiger partial charge < -0.3 is 10.8 Å². The van der Waals surface area contributed by atoms with Crippen molar-refractivity contribution < 1.29 is 5.11 Å². The van der Waals surface area contributed by atoms with Crippen molar-refractivity contribution in [3.8, 4) is 5.75 Å². The smallest absolute Gasteiger partial charge is 0.120 e. The van der Waals surface area contributed by atoms with Crippen molar-refractivity contribution in [1.82, 2.24) is 4.90 Å². The Hall–Kier alpha value is -1.71. The third kappa shape index (κ3) is 3.24. The summed E-state index contributed by atoms with van der Waals surface area (Å²) in [7, 11) is 2.00. The summed E-state index contributed by atoms with van der Waals surface area (Å²) in [6.07, 6.45) is 0. The number of nitrogens with zero attached hydrogens (tertiary/aromatic N) is 1. The zero-order valence-electron chi connectivity index (χ0n) is 11.7. The first-order chi connectivity index (χ1) is 9.49. The van der Waals surface area contributed by atoms with Gasteiger partial charge in [-0.15, -0.1) is 0 Å². The van der Waals surface area contributed by atoms with E-state index < -0.39 is 0 Å². The molecule has 1 atom stereocenters. The highest BCUT2D eigenvalue weighted by Crippen LogP contribution is 2.29. The minimum absolute atomic E-state index is 0.143. The lowest BCUT2D eigenvalue weighted by molar-refractivity contribution is 0.250. The largest absolute Gasteiger partial charge is 0.508 e. The molecule has 106 valence electrons. The van der Waals surface area contributed by atoms with E-state index >= 15 is 0 Å². The minimum atomic E-state index is 0.143. The third-order valence-corrected chi connectivity index (χ3v) is 3.88. The molecule has 1 unspecified atom stereocenters. The van der Waals surface area contributed by atoms with Crippen molar-refractivity contribution in [2.75, 3.05) is 12.8 Å². The SMILES string of the molecule is CC(c1ccccc1Cl)N(C)Cc1cc(N)ccc1O. The van der Waals surface area contributed by atoms with Gasteiger partial charge in [0.25, 0.3) is 0 Å². The Balaban J connectivity index is 2.17. The van der Waals surface area contributed by atoms with Gasteiger partial charge in [-0.25, -0.2) is 0 Å². The average Bonchev–Trinajstić information content (AvgIpc) is 2.42. The van der Waals surface area contributed by atoms with E-state index in [1.807, 2.05) is 31.3 Å². The topological polar surface area (TPSA) is 49.5 Å². The first-order valence-corrected chi connectivity index (χ1v) is 6.89. The number of anilines is 1. The predicted octanol–water partition coefficient (Wildman–Crippen LogP) is 3.82. The van der Waals surface area contributed by atoms with Crippen LogP contribution in [0, 0.1) is 0 Å². The number of aromatic hydroxyl groups is 1. The molecule has 3 nitrogen and oxygen atoms in total. The zero-order valence-corrected chi connectivity index (χ0v) is 12.4. The second-order valence-electron chi connectivity index (χ2n) is 5.00. The van der Waals surface area contributed by atoms with E-state index in [9.17, 15) is 5.11 Å². The van der Waals surface area contributed by atoms with Crippen LogP contribution in [0.1, 0.15) is 24.1 Å². The number of phenols is 1. The third-order valence-electron chi connectivity index (χ3n) is 3.54. The summed E-state index contributed by atoms with van der Waals surface area (Å²) < 4.78 is 0. The standard InChI is InChI=1S/C16H19ClN2O/c1-11(14-5-3-4-6-15(14)17)19(2)10-12-9-13(18)7-8-16(12)20/h3-9,11,20H,10,18H2,1-2H3. The van der Waals surface area contributed by atoms with E-state index in [1.54, 1.807) is 18.2 Å². The van der Waals surface area contributed by atoms with Gasteiger partial charge in [0.15, 0.2) is 0 Å². The predicted molar refractivity (Wildman–Crippen MR) is 83.9 cm³/mol. The van der Waals surface area contributed by atoms with Crippen molar-refractivity contribution in [1.29, 1.82) is 0 Å². The number of rotatable bonds is 4. The molecule has 0 amide bonds. The van der Waals surface area contributed by atoms with E-state index in [0.29, 0.717) is 12.2 Å². The van der Waals surface area contributed by atoms with Crippen molar-refractivity contribution in [2.24, 2.45) is 0 Å². The molecule has 0 fully saturated rings. The van der Waals surface area contributed by atoms with Crippen LogP contribution in [0.3, 0.4) is 0 Å². The summed E-state index contributed by atoms with van der Waals surface area (Å²) in [6.45, 7) is 2.69. The minimum Gasteiger partial charge on any atom is -0.508 e. The molecule has 0 saturated heterocycles. The molecule has 4 heteroatoms. The lowest BCUT2D eigenvalue weighted by atomic mass is 10.1. The first kappa shape index (κ1) is 14.7. The van der Waals surface area contributed by atoms with E-state index in [4.69, 9.17) is 17.3 Å². The molecule has 3 N–H and O–H groups in total. The number of hydrogen-bond acceptors (Lipinski definition) is 3. The quantitative estimate of drug-likeness (QED) is 0.665. The second-order valence-corrected chi connectivity index (χ2v) is 5.41. The Bertz CT molecular complexity index is 601. The Kier molecular flexibility index (Phi) is 4.53. The highest BCUT2D eigenvalue weighted by Gasteiger charge is 2.15. The maximum absolute atomic E-state index is 9.88. The van der Waals surface area contributed by atoms with E-state index in [1.165, 1.54) is 0 Å². The van der Waals surface area contributed by atoms with Crippen LogP contribution in [-0.4, -0.2) is 17.1 Å². The fourth-order valence-corrected chi connectivity index (χ4v) is 2.48. The lowest BCUT2D eigenvalue weighted by Crippen LogP contribution is -2.22. The van der Waals surface area contributed by atoms with Gasteiger partial charge in [0.1, 0.15) is 5.75 Å².